The summed E-state index contributed by atoms with van der Waals surface area (Å²) in [5.41, 5.74) is 1.32. The second-order valence-electron chi connectivity index (χ2n) is 4.80. The van der Waals surface area contributed by atoms with Gasteiger partial charge in [0, 0.05) is 11.4 Å². The second-order valence-corrected chi connectivity index (χ2v) is 7.05. The van der Waals surface area contributed by atoms with Crippen LogP contribution in [0.1, 0.15) is 23.8 Å². The number of halogens is 1. The molecule has 2 heterocycles. The van der Waals surface area contributed by atoms with Crippen LogP contribution in [0.5, 0.6) is 0 Å². The van der Waals surface area contributed by atoms with Crippen molar-refractivity contribution in [3.63, 3.8) is 0 Å². The summed E-state index contributed by atoms with van der Waals surface area (Å²) in [6.07, 6.45) is 3.08. The van der Waals surface area contributed by atoms with Gasteiger partial charge in [-0.25, -0.2) is 8.42 Å². The third kappa shape index (κ3) is 2.69. The molecule has 0 radical (unpaired) electrons. The highest BCUT2D eigenvalue weighted by Gasteiger charge is 2.36. The van der Waals surface area contributed by atoms with Gasteiger partial charge in [-0.05, 0) is 23.8 Å². The molecule has 0 aliphatic carbocycles. The van der Waals surface area contributed by atoms with Crippen LogP contribution in [0, 0.1) is 0 Å². The summed E-state index contributed by atoms with van der Waals surface area (Å²) < 4.78 is 30.4. The van der Waals surface area contributed by atoms with Gasteiger partial charge in [-0.2, -0.15) is 9.52 Å². The van der Waals surface area contributed by atoms with E-state index >= 15 is 0 Å². The van der Waals surface area contributed by atoms with Crippen molar-refractivity contribution < 1.29 is 12.8 Å². The largest absolute Gasteiger partial charge is 0.463 e. The first-order valence-corrected chi connectivity index (χ1v) is 8.54. The minimum atomic E-state index is -3.50. The zero-order valence-electron chi connectivity index (χ0n) is 11.2. The predicted octanol–water partition coefficient (Wildman–Crippen LogP) is 3.04. The van der Waals surface area contributed by atoms with E-state index in [-0.39, 0.29) is 0 Å². The first-order valence-electron chi connectivity index (χ1n) is 6.32. The number of benzene rings is 1. The summed E-state index contributed by atoms with van der Waals surface area (Å²) in [4.78, 5) is 0. The summed E-state index contributed by atoms with van der Waals surface area (Å²) in [7, 11) is -3.50. The predicted molar refractivity (Wildman–Crippen MR) is 80.7 cm³/mol. The maximum absolute atomic E-state index is 12.0. The number of rotatable bonds is 3. The zero-order valence-corrected chi connectivity index (χ0v) is 12.8. The van der Waals surface area contributed by atoms with E-state index in [0.717, 1.165) is 16.2 Å². The molecule has 0 spiro atoms. The van der Waals surface area contributed by atoms with E-state index in [9.17, 15) is 8.42 Å². The summed E-state index contributed by atoms with van der Waals surface area (Å²) in [6.45, 7) is 0. The molecule has 1 aromatic carbocycles. The molecule has 0 amide bonds. The molecule has 0 saturated heterocycles. The maximum Gasteiger partial charge on any atom is 0.247 e. The van der Waals surface area contributed by atoms with Gasteiger partial charge < -0.3 is 4.42 Å². The molecule has 2 aromatic rings. The lowest BCUT2D eigenvalue weighted by molar-refractivity contribution is 0.375. The van der Waals surface area contributed by atoms with Gasteiger partial charge >= 0.3 is 0 Å². The molecule has 0 saturated carbocycles. The first-order chi connectivity index (χ1) is 9.97. The Morgan fingerprint density at radius 3 is 2.67 bits per heavy atom. The van der Waals surface area contributed by atoms with Gasteiger partial charge in [-0.15, -0.1) is 0 Å². The van der Waals surface area contributed by atoms with Crippen LogP contribution >= 0.6 is 11.6 Å². The third-order valence-corrected chi connectivity index (χ3v) is 4.64. The highest BCUT2D eigenvalue weighted by atomic mass is 35.5. The quantitative estimate of drug-likeness (QED) is 0.871. The van der Waals surface area contributed by atoms with Gasteiger partial charge in [0.2, 0.25) is 10.0 Å². The monoisotopic (exact) mass is 324 g/mol. The van der Waals surface area contributed by atoms with E-state index in [1.807, 2.05) is 12.1 Å². The van der Waals surface area contributed by atoms with Crippen LogP contribution in [0.15, 0.2) is 52.2 Å². The zero-order chi connectivity index (χ0) is 15.0. The average molecular weight is 325 g/mol. The number of nitrogens with zero attached hydrogens (tertiary/aromatic N) is 2. The minimum Gasteiger partial charge on any atom is -0.463 e. The lowest BCUT2D eigenvalue weighted by Crippen LogP contribution is -2.26. The summed E-state index contributed by atoms with van der Waals surface area (Å²) >= 11 is 6.20. The van der Waals surface area contributed by atoms with Gasteiger partial charge in [0.1, 0.15) is 11.5 Å². The van der Waals surface area contributed by atoms with Crippen LogP contribution in [0.4, 0.5) is 0 Å². The van der Waals surface area contributed by atoms with Gasteiger partial charge in [0.25, 0.3) is 0 Å². The summed E-state index contributed by atoms with van der Waals surface area (Å²) in [6, 6.07) is 10.2. The van der Waals surface area contributed by atoms with Crippen molar-refractivity contribution in [3.8, 4) is 0 Å². The molecule has 1 aliphatic heterocycles. The van der Waals surface area contributed by atoms with Crippen molar-refractivity contribution >= 4 is 27.3 Å². The average Bonchev–Trinajstić information content (AvgIpc) is 3.07. The third-order valence-electron chi connectivity index (χ3n) is 3.28. The van der Waals surface area contributed by atoms with Crippen LogP contribution in [0.2, 0.25) is 5.02 Å². The smallest absolute Gasteiger partial charge is 0.247 e. The highest BCUT2D eigenvalue weighted by Crippen LogP contribution is 2.37. The van der Waals surface area contributed by atoms with Gasteiger partial charge in [0.05, 0.1) is 18.6 Å². The number of furan rings is 1. The number of hydrazone groups is 1. The Bertz CT molecular complexity index is 784. The minimum absolute atomic E-state index is 0.421. The van der Waals surface area contributed by atoms with E-state index in [1.165, 1.54) is 6.26 Å². The fraction of sp³-hybridized carbons (Fsp3) is 0.214. The molecule has 0 bridgehead atoms. The Hall–Kier alpha value is -1.79. The highest BCUT2D eigenvalue weighted by molar-refractivity contribution is 7.88. The standard InChI is InChI=1S/C14H13ClN2O3S/c1-21(18,19)17-13(10-5-2-3-6-11(10)15)9-12(16-17)14-7-4-8-20-14/h2-8,13H,9H2,1H3/t13-/m0/s1. The molecule has 1 atom stereocenters. The van der Waals surface area contributed by atoms with Crippen molar-refractivity contribution in [1.29, 1.82) is 0 Å². The van der Waals surface area contributed by atoms with Crippen molar-refractivity contribution in [1.82, 2.24) is 4.41 Å². The SMILES string of the molecule is CS(=O)(=O)N1N=C(c2ccco2)C[C@H]1c1ccccc1Cl. The molecular formula is C14H13ClN2O3S. The van der Waals surface area contributed by atoms with E-state index in [1.54, 1.807) is 24.3 Å². The molecule has 7 heteroatoms. The van der Waals surface area contributed by atoms with Crippen LogP contribution < -0.4 is 0 Å². The van der Waals surface area contributed by atoms with Crippen LogP contribution in [-0.2, 0) is 10.0 Å². The molecular weight excluding hydrogens is 312 g/mol. The van der Waals surface area contributed by atoms with Crippen molar-refractivity contribution in [2.75, 3.05) is 6.26 Å². The van der Waals surface area contributed by atoms with Crippen molar-refractivity contribution in [2.45, 2.75) is 12.5 Å². The summed E-state index contributed by atoms with van der Waals surface area (Å²) in [5, 5.41) is 4.73. The molecule has 0 unspecified atom stereocenters. The van der Waals surface area contributed by atoms with E-state index in [2.05, 4.69) is 5.10 Å². The lowest BCUT2D eigenvalue weighted by atomic mass is 10.0. The fourth-order valence-electron chi connectivity index (χ4n) is 2.36. The normalized spacial score (nSPS) is 18.9. The topological polar surface area (TPSA) is 62.9 Å². The molecule has 1 aliphatic rings. The van der Waals surface area contributed by atoms with E-state index < -0.39 is 16.1 Å². The molecule has 0 fully saturated rings. The van der Waals surface area contributed by atoms with Crippen LogP contribution in [0.3, 0.4) is 0 Å². The molecule has 3 rings (SSSR count). The molecule has 1 aromatic heterocycles. The lowest BCUT2D eigenvalue weighted by Gasteiger charge is -2.22. The molecule has 110 valence electrons. The van der Waals surface area contributed by atoms with Crippen LogP contribution in [0.25, 0.3) is 0 Å². The number of hydrogen-bond acceptors (Lipinski definition) is 4. The molecule has 5 nitrogen and oxygen atoms in total. The molecule has 0 N–H and O–H groups in total. The Balaban J connectivity index is 2.04. The fourth-order valence-corrected chi connectivity index (χ4v) is 3.52. The van der Waals surface area contributed by atoms with Crippen molar-refractivity contribution in [2.24, 2.45) is 5.10 Å². The van der Waals surface area contributed by atoms with Gasteiger partial charge in [-0.1, -0.05) is 29.8 Å². The summed E-state index contributed by atoms with van der Waals surface area (Å²) in [5.74, 6) is 0.568. The molecule has 21 heavy (non-hydrogen) atoms. The Kier molecular flexibility index (Phi) is 3.51. The Morgan fingerprint density at radius 2 is 2.05 bits per heavy atom. The van der Waals surface area contributed by atoms with Crippen LogP contribution in [-0.4, -0.2) is 24.8 Å². The number of sulfonamides is 1. The maximum atomic E-state index is 12.0. The second kappa shape index (κ2) is 5.20. The Labute approximate surface area is 127 Å². The van der Waals surface area contributed by atoms with Gasteiger partial charge in [-0.3, -0.25) is 0 Å². The first kappa shape index (κ1) is 14.2. The van der Waals surface area contributed by atoms with E-state index in [4.69, 9.17) is 16.0 Å². The Morgan fingerprint density at radius 1 is 1.29 bits per heavy atom. The van der Waals surface area contributed by atoms with E-state index in [0.29, 0.717) is 22.9 Å². The number of hydrogen-bond donors (Lipinski definition) is 0. The van der Waals surface area contributed by atoms with Gasteiger partial charge in [0.15, 0.2) is 0 Å². The van der Waals surface area contributed by atoms with Crippen molar-refractivity contribution in [3.05, 3.63) is 59.0 Å².